The van der Waals surface area contributed by atoms with Crippen molar-refractivity contribution in [1.29, 1.82) is 0 Å². The minimum absolute atomic E-state index is 0.0648. The fraction of sp³-hybridized carbons (Fsp3) is 0.294. The summed E-state index contributed by atoms with van der Waals surface area (Å²) in [6.07, 6.45) is 1.72. The molecular weight excluding hydrogens is 282 g/mol. The first-order valence-corrected chi connectivity index (χ1v) is 7.30. The molecule has 22 heavy (non-hydrogen) atoms. The summed E-state index contributed by atoms with van der Waals surface area (Å²) in [5, 5.41) is 11.1. The van der Waals surface area contributed by atoms with Gasteiger partial charge in [0.15, 0.2) is 0 Å². The van der Waals surface area contributed by atoms with Crippen molar-refractivity contribution in [3.05, 3.63) is 46.3 Å². The summed E-state index contributed by atoms with van der Waals surface area (Å²) in [4.78, 5) is 24.6. The van der Waals surface area contributed by atoms with Crippen LogP contribution in [0.4, 0.5) is 0 Å². The van der Waals surface area contributed by atoms with Gasteiger partial charge in [0, 0.05) is 11.9 Å². The molecular formula is C17H17NO4. The number of aromatic nitrogens is 1. The van der Waals surface area contributed by atoms with E-state index in [4.69, 9.17) is 4.74 Å². The number of rotatable bonds is 3. The monoisotopic (exact) mass is 299 g/mol. The standard InChI is InChI=1S/C17H17NO4/c1-3-22-17(21)10(2)13-15(19)12-8-4-6-11-7-5-9-18(14(11)12)16(13)20/h4,6,8,19H,2-3,5,7,9H2,1H3. The molecule has 0 aliphatic carbocycles. The summed E-state index contributed by atoms with van der Waals surface area (Å²) < 4.78 is 6.51. The Kier molecular flexibility index (Phi) is 3.48. The number of ether oxygens (including phenoxy) is 1. The van der Waals surface area contributed by atoms with Gasteiger partial charge in [-0.3, -0.25) is 4.79 Å². The highest BCUT2D eigenvalue weighted by Crippen LogP contribution is 2.34. The van der Waals surface area contributed by atoms with Crippen molar-refractivity contribution in [2.45, 2.75) is 26.3 Å². The molecule has 5 heteroatoms. The zero-order valence-electron chi connectivity index (χ0n) is 12.4. The summed E-state index contributed by atoms with van der Waals surface area (Å²) >= 11 is 0. The van der Waals surface area contributed by atoms with Gasteiger partial charge in [-0.25, -0.2) is 4.79 Å². The highest BCUT2D eigenvalue weighted by atomic mass is 16.5. The lowest BCUT2D eigenvalue weighted by Gasteiger charge is -2.21. The van der Waals surface area contributed by atoms with E-state index in [0.29, 0.717) is 11.9 Å². The Bertz CT molecular complexity index is 848. The average Bonchev–Trinajstić information content (AvgIpc) is 2.52. The van der Waals surface area contributed by atoms with Gasteiger partial charge in [-0.05, 0) is 31.4 Å². The molecule has 2 aromatic rings. The number of pyridine rings is 1. The number of esters is 1. The number of hydrogen-bond acceptors (Lipinski definition) is 4. The predicted molar refractivity (Wildman–Crippen MR) is 83.9 cm³/mol. The van der Waals surface area contributed by atoms with Crippen molar-refractivity contribution in [3.8, 4) is 5.75 Å². The first-order valence-electron chi connectivity index (χ1n) is 7.30. The van der Waals surface area contributed by atoms with Crippen molar-refractivity contribution in [3.63, 3.8) is 0 Å². The van der Waals surface area contributed by atoms with Gasteiger partial charge in [-0.2, -0.15) is 0 Å². The van der Waals surface area contributed by atoms with Crippen LogP contribution in [0.5, 0.6) is 5.75 Å². The Morgan fingerprint density at radius 3 is 2.95 bits per heavy atom. The summed E-state index contributed by atoms with van der Waals surface area (Å²) in [5.41, 5.74) is 1.22. The van der Waals surface area contributed by atoms with Gasteiger partial charge >= 0.3 is 5.97 Å². The number of para-hydroxylation sites is 1. The SMILES string of the molecule is C=C(C(=O)OCC)c1c(O)c2cccc3c2n(c1=O)CCC3. The minimum atomic E-state index is -0.686. The van der Waals surface area contributed by atoms with Gasteiger partial charge in [0.25, 0.3) is 5.56 Å². The zero-order chi connectivity index (χ0) is 15.9. The van der Waals surface area contributed by atoms with Crippen molar-refractivity contribution in [1.82, 2.24) is 4.57 Å². The van der Waals surface area contributed by atoms with Crippen LogP contribution in [0.1, 0.15) is 24.5 Å². The highest BCUT2D eigenvalue weighted by Gasteiger charge is 2.25. The largest absolute Gasteiger partial charge is 0.506 e. The fourth-order valence-corrected chi connectivity index (χ4v) is 3.01. The van der Waals surface area contributed by atoms with Gasteiger partial charge in [-0.15, -0.1) is 0 Å². The fourth-order valence-electron chi connectivity index (χ4n) is 3.01. The molecule has 1 aliphatic heterocycles. The normalized spacial score (nSPS) is 13.1. The predicted octanol–water partition coefficient (Wildman–Crippen LogP) is 2.23. The van der Waals surface area contributed by atoms with E-state index in [-0.39, 0.29) is 23.5 Å². The third-order valence-corrected chi connectivity index (χ3v) is 3.99. The van der Waals surface area contributed by atoms with Crippen LogP contribution < -0.4 is 5.56 Å². The van der Waals surface area contributed by atoms with Crippen LogP contribution in [-0.4, -0.2) is 22.2 Å². The van der Waals surface area contributed by atoms with Gasteiger partial charge in [0.05, 0.1) is 23.3 Å². The van der Waals surface area contributed by atoms with E-state index in [2.05, 4.69) is 6.58 Å². The van der Waals surface area contributed by atoms with E-state index in [1.54, 1.807) is 17.6 Å². The van der Waals surface area contributed by atoms with Crippen molar-refractivity contribution < 1.29 is 14.6 Å². The second-order valence-electron chi connectivity index (χ2n) is 5.30. The maximum atomic E-state index is 12.7. The highest BCUT2D eigenvalue weighted by molar-refractivity contribution is 6.17. The van der Waals surface area contributed by atoms with Crippen LogP contribution in [0.25, 0.3) is 16.5 Å². The molecule has 0 radical (unpaired) electrons. The maximum absolute atomic E-state index is 12.7. The van der Waals surface area contributed by atoms with E-state index in [1.165, 1.54) is 0 Å². The van der Waals surface area contributed by atoms with Gasteiger partial charge in [0.1, 0.15) is 5.75 Å². The van der Waals surface area contributed by atoms with Crippen LogP contribution in [0.15, 0.2) is 29.6 Å². The van der Waals surface area contributed by atoms with Crippen molar-refractivity contribution >= 4 is 22.4 Å². The smallest absolute Gasteiger partial charge is 0.338 e. The quantitative estimate of drug-likeness (QED) is 0.697. The third kappa shape index (κ3) is 2.01. The lowest BCUT2D eigenvalue weighted by Crippen LogP contribution is -2.28. The molecule has 1 aliphatic rings. The van der Waals surface area contributed by atoms with Crippen LogP contribution in [-0.2, 0) is 22.5 Å². The molecule has 5 nitrogen and oxygen atoms in total. The molecule has 0 unspecified atom stereocenters. The van der Waals surface area contributed by atoms with Crippen LogP contribution in [0.3, 0.4) is 0 Å². The van der Waals surface area contributed by atoms with Crippen LogP contribution >= 0.6 is 0 Å². The molecule has 3 rings (SSSR count). The van der Waals surface area contributed by atoms with Crippen LogP contribution in [0, 0.1) is 0 Å². The average molecular weight is 299 g/mol. The second-order valence-corrected chi connectivity index (χ2v) is 5.30. The Hall–Kier alpha value is -2.56. The van der Waals surface area contributed by atoms with Gasteiger partial charge in [0.2, 0.25) is 0 Å². The molecule has 1 aromatic heterocycles. The molecule has 0 bridgehead atoms. The zero-order valence-corrected chi connectivity index (χ0v) is 12.4. The molecule has 0 atom stereocenters. The molecule has 0 saturated carbocycles. The van der Waals surface area contributed by atoms with Crippen LogP contribution in [0.2, 0.25) is 0 Å². The van der Waals surface area contributed by atoms with Crippen molar-refractivity contribution in [2.75, 3.05) is 6.61 Å². The number of aryl methyl sites for hydroxylation is 2. The number of hydrogen-bond donors (Lipinski definition) is 1. The van der Waals surface area contributed by atoms with Crippen molar-refractivity contribution in [2.24, 2.45) is 0 Å². The topological polar surface area (TPSA) is 68.5 Å². The number of carbonyl (C=O) groups is 1. The number of aromatic hydroxyl groups is 1. The summed E-state index contributed by atoms with van der Waals surface area (Å²) in [5.74, 6) is -0.882. The number of benzene rings is 1. The molecule has 0 fully saturated rings. The summed E-state index contributed by atoms with van der Waals surface area (Å²) in [6.45, 7) is 6.07. The Morgan fingerprint density at radius 1 is 1.45 bits per heavy atom. The molecule has 1 N–H and O–H groups in total. The first-order chi connectivity index (χ1) is 10.6. The van der Waals surface area contributed by atoms with E-state index in [0.717, 1.165) is 23.9 Å². The molecule has 0 saturated heterocycles. The van der Waals surface area contributed by atoms with Gasteiger partial charge in [-0.1, -0.05) is 18.7 Å². The second kappa shape index (κ2) is 5.33. The summed E-state index contributed by atoms with van der Waals surface area (Å²) in [6, 6.07) is 5.54. The molecule has 0 spiro atoms. The Labute approximate surface area is 127 Å². The molecule has 114 valence electrons. The molecule has 2 heterocycles. The lowest BCUT2D eigenvalue weighted by molar-refractivity contribution is -0.136. The van der Waals surface area contributed by atoms with E-state index >= 15 is 0 Å². The maximum Gasteiger partial charge on any atom is 0.338 e. The summed E-state index contributed by atoms with van der Waals surface area (Å²) in [7, 11) is 0. The van der Waals surface area contributed by atoms with E-state index < -0.39 is 11.5 Å². The molecule has 1 aromatic carbocycles. The Morgan fingerprint density at radius 2 is 2.23 bits per heavy atom. The first kappa shape index (κ1) is 14.4. The third-order valence-electron chi connectivity index (χ3n) is 3.99. The minimum Gasteiger partial charge on any atom is -0.506 e. The Balaban J connectivity index is 2.32. The number of nitrogens with zero attached hydrogens (tertiary/aromatic N) is 1. The van der Waals surface area contributed by atoms with E-state index in [1.807, 2.05) is 12.1 Å². The molecule has 0 amide bonds. The van der Waals surface area contributed by atoms with E-state index in [9.17, 15) is 14.7 Å². The number of carbonyl (C=O) groups excluding carboxylic acids is 1. The lowest BCUT2D eigenvalue weighted by atomic mass is 9.97. The van der Waals surface area contributed by atoms with Gasteiger partial charge < -0.3 is 14.4 Å².